The topological polar surface area (TPSA) is 43.1 Å². The second kappa shape index (κ2) is 5.52. The van der Waals surface area contributed by atoms with Gasteiger partial charge in [0.25, 0.3) is 0 Å². The summed E-state index contributed by atoms with van der Waals surface area (Å²) in [7, 11) is 0. The van der Waals surface area contributed by atoms with Crippen LogP contribution in [0.5, 0.6) is 0 Å². The molecule has 0 atom stereocenters. The predicted octanol–water partition coefficient (Wildman–Crippen LogP) is 3.82. The van der Waals surface area contributed by atoms with E-state index < -0.39 is 0 Å². The van der Waals surface area contributed by atoms with E-state index >= 15 is 0 Å². The van der Waals surface area contributed by atoms with E-state index in [2.05, 4.69) is 0 Å². The summed E-state index contributed by atoms with van der Waals surface area (Å²) in [5, 5.41) is 0.672. The molecule has 0 unspecified atom stereocenters. The van der Waals surface area contributed by atoms with E-state index in [1.54, 1.807) is 42.5 Å². The summed E-state index contributed by atoms with van der Waals surface area (Å²) in [4.78, 5) is 11.9. The lowest BCUT2D eigenvalue weighted by molar-refractivity contribution is 0.104. The minimum absolute atomic E-state index is 0.108. The van der Waals surface area contributed by atoms with Gasteiger partial charge >= 0.3 is 0 Å². The fourth-order valence-electron chi connectivity index (χ4n) is 1.56. The number of benzene rings is 2. The number of hydrogen-bond donors (Lipinski definition) is 1. The van der Waals surface area contributed by atoms with Crippen LogP contribution in [-0.4, -0.2) is 5.78 Å². The van der Waals surface area contributed by atoms with Gasteiger partial charge in [-0.15, -0.1) is 0 Å². The summed E-state index contributed by atoms with van der Waals surface area (Å²) in [6.45, 7) is 0. The molecule has 0 spiro atoms. The molecule has 3 heteroatoms. The molecule has 2 nitrogen and oxygen atoms in total. The van der Waals surface area contributed by atoms with Crippen LogP contribution in [-0.2, 0) is 0 Å². The smallest absolute Gasteiger partial charge is 0.187 e. The molecule has 0 aliphatic carbocycles. The fraction of sp³-hybridized carbons (Fsp3) is 0. The third kappa shape index (κ3) is 2.99. The minimum Gasteiger partial charge on any atom is -0.398 e. The van der Waals surface area contributed by atoms with E-state index in [1.165, 1.54) is 6.08 Å². The average Bonchev–Trinajstić information content (AvgIpc) is 2.38. The lowest BCUT2D eigenvalue weighted by Gasteiger charge is -2.00. The minimum atomic E-state index is -0.108. The summed E-state index contributed by atoms with van der Waals surface area (Å²) in [5.74, 6) is -0.108. The Balaban J connectivity index is 2.17. The van der Waals surface area contributed by atoms with Crippen LogP contribution in [0.25, 0.3) is 6.08 Å². The molecule has 0 amide bonds. The Bertz CT molecular complexity index is 588. The first-order chi connectivity index (χ1) is 8.66. The summed E-state index contributed by atoms with van der Waals surface area (Å²) >= 11 is 5.78. The average molecular weight is 258 g/mol. The third-order valence-corrected chi connectivity index (χ3v) is 2.78. The highest BCUT2D eigenvalue weighted by atomic mass is 35.5. The van der Waals surface area contributed by atoms with Crippen LogP contribution in [0, 0.1) is 0 Å². The highest BCUT2D eigenvalue weighted by Crippen LogP contribution is 2.14. The van der Waals surface area contributed by atoms with Gasteiger partial charge in [0.2, 0.25) is 0 Å². The van der Waals surface area contributed by atoms with Gasteiger partial charge in [0.15, 0.2) is 5.78 Å². The molecule has 0 radical (unpaired) electrons. The van der Waals surface area contributed by atoms with Gasteiger partial charge in [-0.2, -0.15) is 0 Å². The Morgan fingerprint density at radius 3 is 2.39 bits per heavy atom. The molecule has 2 N–H and O–H groups in total. The number of allylic oxidation sites excluding steroid dienone is 1. The molecule has 0 bridgehead atoms. The molecule has 0 aromatic heterocycles. The quantitative estimate of drug-likeness (QED) is 0.516. The first-order valence-electron chi connectivity index (χ1n) is 5.49. The number of halogens is 1. The number of ketones is 1. The van der Waals surface area contributed by atoms with Crippen molar-refractivity contribution >= 4 is 29.1 Å². The van der Waals surface area contributed by atoms with Crippen LogP contribution in [0.1, 0.15) is 15.9 Å². The Morgan fingerprint density at radius 2 is 1.72 bits per heavy atom. The van der Waals surface area contributed by atoms with Crippen molar-refractivity contribution in [3.05, 3.63) is 70.8 Å². The molecule has 90 valence electrons. The third-order valence-electron chi connectivity index (χ3n) is 2.52. The van der Waals surface area contributed by atoms with Crippen molar-refractivity contribution in [2.75, 3.05) is 5.73 Å². The predicted molar refractivity (Wildman–Crippen MR) is 75.7 cm³/mol. The molecule has 0 saturated carbocycles. The van der Waals surface area contributed by atoms with Gasteiger partial charge in [-0.3, -0.25) is 4.79 Å². The number of hydrogen-bond acceptors (Lipinski definition) is 2. The van der Waals surface area contributed by atoms with Crippen molar-refractivity contribution in [2.45, 2.75) is 0 Å². The van der Waals surface area contributed by atoms with E-state index in [0.717, 1.165) is 5.56 Å². The second-order valence-corrected chi connectivity index (χ2v) is 4.27. The number of nitrogen functional groups attached to an aromatic ring is 1. The van der Waals surface area contributed by atoms with Crippen LogP contribution in [0.2, 0.25) is 5.02 Å². The van der Waals surface area contributed by atoms with Gasteiger partial charge in [-0.1, -0.05) is 41.9 Å². The molecule has 2 aromatic carbocycles. The maximum Gasteiger partial charge on any atom is 0.187 e. The number of anilines is 1. The van der Waals surface area contributed by atoms with E-state index in [0.29, 0.717) is 16.3 Å². The van der Waals surface area contributed by atoms with Crippen molar-refractivity contribution in [1.82, 2.24) is 0 Å². The Hall–Kier alpha value is -2.06. The Labute approximate surface area is 111 Å². The Morgan fingerprint density at radius 1 is 1.06 bits per heavy atom. The normalized spacial score (nSPS) is 10.7. The zero-order valence-electron chi connectivity index (χ0n) is 9.64. The van der Waals surface area contributed by atoms with Gasteiger partial charge in [0.05, 0.1) is 0 Å². The first kappa shape index (κ1) is 12.4. The molecule has 0 fully saturated rings. The molecule has 2 rings (SSSR count). The summed E-state index contributed by atoms with van der Waals surface area (Å²) in [5.41, 5.74) is 7.66. The zero-order valence-corrected chi connectivity index (χ0v) is 10.4. The largest absolute Gasteiger partial charge is 0.398 e. The highest BCUT2D eigenvalue weighted by molar-refractivity contribution is 6.30. The van der Waals surface area contributed by atoms with Crippen LogP contribution in [0.4, 0.5) is 5.69 Å². The maximum atomic E-state index is 11.9. The van der Waals surface area contributed by atoms with E-state index in [1.807, 2.05) is 12.1 Å². The SMILES string of the molecule is Nc1ccccc1C(=O)C=Cc1ccc(Cl)cc1. The first-order valence-corrected chi connectivity index (χ1v) is 5.87. The van der Waals surface area contributed by atoms with E-state index in [4.69, 9.17) is 17.3 Å². The molecule has 18 heavy (non-hydrogen) atoms. The molecular formula is C15H12ClNO. The molecule has 2 aromatic rings. The standard InChI is InChI=1S/C15H12ClNO/c16-12-8-5-11(6-9-12)7-10-15(18)13-3-1-2-4-14(13)17/h1-10H,17H2. The van der Waals surface area contributed by atoms with Crippen LogP contribution >= 0.6 is 11.6 Å². The van der Waals surface area contributed by atoms with Gasteiger partial charge in [-0.25, -0.2) is 0 Å². The highest BCUT2D eigenvalue weighted by Gasteiger charge is 2.04. The van der Waals surface area contributed by atoms with E-state index in [-0.39, 0.29) is 5.78 Å². The van der Waals surface area contributed by atoms with Crippen LogP contribution in [0.3, 0.4) is 0 Å². The molecular weight excluding hydrogens is 246 g/mol. The van der Waals surface area contributed by atoms with Gasteiger partial charge in [-0.05, 0) is 35.9 Å². The number of rotatable bonds is 3. The van der Waals surface area contributed by atoms with Crippen LogP contribution in [0.15, 0.2) is 54.6 Å². The molecule has 0 aliphatic heterocycles. The van der Waals surface area contributed by atoms with Gasteiger partial charge in [0, 0.05) is 16.3 Å². The molecule has 0 aliphatic rings. The summed E-state index contributed by atoms with van der Waals surface area (Å²) in [6.07, 6.45) is 3.25. The number of para-hydroxylation sites is 1. The summed E-state index contributed by atoms with van der Waals surface area (Å²) < 4.78 is 0. The number of carbonyl (C=O) groups excluding carboxylic acids is 1. The molecule has 0 saturated heterocycles. The molecule has 0 heterocycles. The number of carbonyl (C=O) groups is 1. The van der Waals surface area contributed by atoms with Crippen molar-refractivity contribution in [3.8, 4) is 0 Å². The van der Waals surface area contributed by atoms with Crippen molar-refractivity contribution in [2.24, 2.45) is 0 Å². The monoisotopic (exact) mass is 257 g/mol. The maximum absolute atomic E-state index is 11.9. The lowest BCUT2D eigenvalue weighted by atomic mass is 10.1. The van der Waals surface area contributed by atoms with Crippen LogP contribution < -0.4 is 5.73 Å². The fourth-order valence-corrected chi connectivity index (χ4v) is 1.68. The van der Waals surface area contributed by atoms with Crippen molar-refractivity contribution in [3.63, 3.8) is 0 Å². The number of nitrogens with two attached hydrogens (primary N) is 1. The summed E-state index contributed by atoms with van der Waals surface area (Å²) in [6, 6.07) is 14.3. The van der Waals surface area contributed by atoms with Crippen molar-refractivity contribution < 1.29 is 4.79 Å². The van der Waals surface area contributed by atoms with Gasteiger partial charge < -0.3 is 5.73 Å². The zero-order chi connectivity index (χ0) is 13.0. The second-order valence-electron chi connectivity index (χ2n) is 3.84. The Kier molecular flexibility index (Phi) is 3.80. The van der Waals surface area contributed by atoms with E-state index in [9.17, 15) is 4.79 Å². The lowest BCUT2D eigenvalue weighted by Crippen LogP contribution is -1.99. The van der Waals surface area contributed by atoms with Gasteiger partial charge in [0.1, 0.15) is 0 Å². The van der Waals surface area contributed by atoms with Crippen molar-refractivity contribution in [1.29, 1.82) is 0 Å².